The molecule has 1 aliphatic rings. The molecule has 1 aliphatic heterocycles. The van der Waals surface area contributed by atoms with Crippen LogP contribution in [0.3, 0.4) is 0 Å². The van der Waals surface area contributed by atoms with E-state index in [1.54, 1.807) is 0 Å². The maximum absolute atomic E-state index is 2.46. The third-order valence-electron chi connectivity index (χ3n) is 8.14. The second kappa shape index (κ2) is 11.8. The van der Waals surface area contributed by atoms with Crippen LogP contribution in [0, 0.1) is 0 Å². The van der Waals surface area contributed by atoms with Crippen molar-refractivity contribution in [2.75, 3.05) is 0 Å². The second-order valence-corrected chi connectivity index (χ2v) is 10.9. The summed E-state index contributed by atoms with van der Waals surface area (Å²) in [6.45, 7) is 3.32. The molecular weight excluding hydrogens is 470 g/mol. The third kappa shape index (κ3) is 5.73. The Morgan fingerprint density at radius 3 is 2.13 bits per heavy atom. The molecule has 39 heavy (non-hydrogen) atoms. The van der Waals surface area contributed by atoms with Crippen LogP contribution in [0.1, 0.15) is 50.2 Å². The number of hydrogen-bond acceptors (Lipinski definition) is 0. The van der Waals surface area contributed by atoms with Crippen molar-refractivity contribution in [1.82, 2.24) is 0 Å². The molecule has 0 N–H and O–H groups in total. The van der Waals surface area contributed by atoms with Gasteiger partial charge in [0.05, 0.1) is 0 Å². The van der Waals surface area contributed by atoms with Crippen molar-refractivity contribution >= 4 is 0 Å². The Hall–Kier alpha value is -3.97. The molecule has 6 rings (SSSR count). The van der Waals surface area contributed by atoms with Gasteiger partial charge in [-0.25, -0.2) is 0 Å². The van der Waals surface area contributed by atoms with E-state index in [1.807, 2.05) is 0 Å². The lowest BCUT2D eigenvalue weighted by atomic mass is 9.93. The van der Waals surface area contributed by atoms with Gasteiger partial charge >= 0.3 is 0 Å². The largest absolute Gasteiger partial charge is 0.212 e. The molecule has 0 aliphatic carbocycles. The number of aromatic nitrogens is 1. The monoisotopic (exact) mass is 508 g/mol. The van der Waals surface area contributed by atoms with Crippen molar-refractivity contribution in [2.24, 2.45) is 0 Å². The van der Waals surface area contributed by atoms with Crippen molar-refractivity contribution in [3.05, 3.63) is 127 Å². The standard InChI is InChI=1S/C38H38N/c1-2-3-4-6-12-29-13-9-16-32(25-29)33-17-10-18-34(26-33)35-21-20-31-19-11-24-39-28-36(30-14-7-5-8-15-30)22-23-38(39)37(31)27-35/h5,7-10,13-18,20-23,25-28H,2-4,6,11-12,19,24H2,1H3/q+1. The Morgan fingerprint density at radius 2 is 1.31 bits per heavy atom. The number of unbranched alkanes of at least 4 members (excludes halogenated alkanes) is 3. The maximum Gasteiger partial charge on any atom is 0.212 e. The van der Waals surface area contributed by atoms with Gasteiger partial charge in [0.25, 0.3) is 0 Å². The van der Waals surface area contributed by atoms with Crippen LogP contribution < -0.4 is 4.57 Å². The van der Waals surface area contributed by atoms with Gasteiger partial charge in [-0.3, -0.25) is 0 Å². The fraction of sp³-hybridized carbons (Fsp3) is 0.237. The van der Waals surface area contributed by atoms with Crippen molar-refractivity contribution in [3.63, 3.8) is 0 Å². The number of nitrogens with zero attached hydrogens (tertiary/aromatic N) is 1. The molecule has 2 heterocycles. The van der Waals surface area contributed by atoms with Gasteiger partial charge in [-0.2, -0.15) is 4.57 Å². The quantitative estimate of drug-likeness (QED) is 0.145. The smallest absolute Gasteiger partial charge is 0.198 e. The Kier molecular flexibility index (Phi) is 7.68. The molecule has 5 aromatic rings. The molecular formula is C38H38N+. The van der Waals surface area contributed by atoms with Crippen molar-refractivity contribution < 1.29 is 4.57 Å². The summed E-state index contributed by atoms with van der Waals surface area (Å²) in [5.41, 5.74) is 13.3. The van der Waals surface area contributed by atoms with Gasteiger partial charge in [-0.05, 0) is 76.4 Å². The second-order valence-electron chi connectivity index (χ2n) is 10.9. The summed E-state index contributed by atoms with van der Waals surface area (Å²) in [7, 11) is 0. The molecule has 1 aromatic heterocycles. The third-order valence-corrected chi connectivity index (χ3v) is 8.14. The summed E-state index contributed by atoms with van der Waals surface area (Å²) in [5, 5.41) is 0. The van der Waals surface area contributed by atoms with E-state index >= 15 is 0 Å². The fourth-order valence-electron chi connectivity index (χ4n) is 5.97. The molecule has 1 heteroatoms. The summed E-state index contributed by atoms with van der Waals surface area (Å²) >= 11 is 0. The number of fused-ring (bicyclic) bond motifs is 3. The van der Waals surface area contributed by atoms with Gasteiger partial charge in [0.15, 0.2) is 6.20 Å². The lowest BCUT2D eigenvalue weighted by Gasteiger charge is -2.11. The number of aryl methyl sites for hydroxylation is 3. The van der Waals surface area contributed by atoms with E-state index in [0.29, 0.717) is 0 Å². The van der Waals surface area contributed by atoms with Crippen molar-refractivity contribution in [1.29, 1.82) is 0 Å². The minimum Gasteiger partial charge on any atom is -0.198 e. The molecule has 0 bridgehead atoms. The first-order valence-electron chi connectivity index (χ1n) is 14.7. The van der Waals surface area contributed by atoms with Gasteiger partial charge in [-0.1, -0.05) is 111 Å². The van der Waals surface area contributed by atoms with E-state index < -0.39 is 0 Å². The minimum absolute atomic E-state index is 1.05. The predicted octanol–water partition coefficient (Wildman–Crippen LogP) is 9.71. The fourth-order valence-corrected chi connectivity index (χ4v) is 5.97. The summed E-state index contributed by atoms with van der Waals surface area (Å²) in [6.07, 6.45) is 11.0. The molecule has 0 radical (unpaired) electrons. The van der Waals surface area contributed by atoms with Crippen molar-refractivity contribution in [3.8, 4) is 44.6 Å². The van der Waals surface area contributed by atoms with Crippen molar-refractivity contribution in [2.45, 2.75) is 58.4 Å². The lowest BCUT2D eigenvalue weighted by molar-refractivity contribution is -0.685. The highest BCUT2D eigenvalue weighted by atomic mass is 15.0. The van der Waals surface area contributed by atoms with E-state index in [9.17, 15) is 0 Å². The van der Waals surface area contributed by atoms with Crippen LogP contribution in [0.2, 0.25) is 0 Å². The minimum atomic E-state index is 1.05. The Balaban J connectivity index is 1.31. The highest BCUT2D eigenvalue weighted by Crippen LogP contribution is 2.33. The Labute approximate surface area is 233 Å². The molecule has 0 amide bonds. The van der Waals surface area contributed by atoms with Gasteiger partial charge < -0.3 is 0 Å². The zero-order chi connectivity index (χ0) is 26.4. The zero-order valence-corrected chi connectivity index (χ0v) is 23.1. The number of hydrogen-bond donors (Lipinski definition) is 0. The number of pyridine rings is 1. The van der Waals surface area contributed by atoms with Gasteiger partial charge in [0, 0.05) is 23.6 Å². The van der Waals surface area contributed by atoms with E-state index in [1.165, 1.54) is 87.9 Å². The topological polar surface area (TPSA) is 3.88 Å². The van der Waals surface area contributed by atoms with Crippen LogP contribution in [0.5, 0.6) is 0 Å². The predicted molar refractivity (Wildman–Crippen MR) is 165 cm³/mol. The average molecular weight is 509 g/mol. The molecule has 4 aromatic carbocycles. The van der Waals surface area contributed by atoms with Crippen LogP contribution in [-0.4, -0.2) is 0 Å². The zero-order valence-electron chi connectivity index (χ0n) is 23.1. The maximum atomic E-state index is 2.46. The highest BCUT2D eigenvalue weighted by Gasteiger charge is 2.22. The van der Waals surface area contributed by atoms with Crippen LogP contribution in [0.4, 0.5) is 0 Å². The highest BCUT2D eigenvalue weighted by molar-refractivity contribution is 5.77. The van der Waals surface area contributed by atoms with Crippen LogP contribution in [0.15, 0.2) is 115 Å². The van der Waals surface area contributed by atoms with E-state index in [2.05, 4.69) is 127 Å². The number of rotatable bonds is 8. The lowest BCUT2D eigenvalue weighted by Crippen LogP contribution is -2.35. The summed E-state index contributed by atoms with van der Waals surface area (Å²) in [4.78, 5) is 0. The first-order valence-corrected chi connectivity index (χ1v) is 14.7. The molecule has 0 spiro atoms. The molecule has 194 valence electrons. The molecule has 0 saturated heterocycles. The van der Waals surface area contributed by atoms with E-state index in [-0.39, 0.29) is 0 Å². The van der Waals surface area contributed by atoms with Crippen LogP contribution in [0.25, 0.3) is 44.6 Å². The first-order chi connectivity index (χ1) is 19.3. The van der Waals surface area contributed by atoms with Gasteiger partial charge in [-0.15, -0.1) is 0 Å². The van der Waals surface area contributed by atoms with Gasteiger partial charge in [0.1, 0.15) is 6.54 Å². The SMILES string of the molecule is CCCCCCc1cccc(-c2cccc(-c3ccc4c(c3)-c3ccc(-c5ccccc5)c[n+]3CCC4)c2)c1. The van der Waals surface area contributed by atoms with Crippen LogP contribution in [-0.2, 0) is 19.4 Å². The first kappa shape index (κ1) is 25.3. The summed E-state index contributed by atoms with van der Waals surface area (Å²) in [5.74, 6) is 0. The molecule has 0 saturated carbocycles. The van der Waals surface area contributed by atoms with Gasteiger partial charge in [0.2, 0.25) is 5.69 Å². The molecule has 0 fully saturated rings. The normalized spacial score (nSPS) is 12.4. The summed E-state index contributed by atoms with van der Waals surface area (Å²) in [6, 6.07) is 40.6. The van der Waals surface area contributed by atoms with Crippen LogP contribution >= 0.6 is 0 Å². The Bertz CT molecular complexity index is 1560. The molecule has 0 unspecified atom stereocenters. The van der Waals surface area contributed by atoms with E-state index in [4.69, 9.17) is 0 Å². The Morgan fingerprint density at radius 1 is 0.590 bits per heavy atom. The van der Waals surface area contributed by atoms with E-state index in [0.717, 1.165) is 19.4 Å². The molecule has 0 atom stereocenters. The number of benzene rings is 4. The average Bonchev–Trinajstić information content (AvgIpc) is 3.18. The summed E-state index contributed by atoms with van der Waals surface area (Å²) < 4.78 is 2.46. The molecule has 1 nitrogen and oxygen atoms in total.